The maximum absolute atomic E-state index is 13.0. The van der Waals surface area contributed by atoms with Crippen molar-refractivity contribution in [2.45, 2.75) is 31.7 Å². The van der Waals surface area contributed by atoms with Crippen LogP contribution in [-0.4, -0.2) is 67.4 Å². The van der Waals surface area contributed by atoms with Gasteiger partial charge in [0.25, 0.3) is 16.0 Å². The number of hydrogen-bond acceptors (Lipinski definition) is 6. The molecule has 9 heteroatoms. The molecule has 1 amide bonds. The third-order valence-electron chi connectivity index (χ3n) is 7.09. The zero-order valence-electron chi connectivity index (χ0n) is 20.2. The van der Waals surface area contributed by atoms with Gasteiger partial charge in [-0.15, -0.1) is 0 Å². The molecule has 4 aliphatic rings. The summed E-state index contributed by atoms with van der Waals surface area (Å²) in [6.45, 7) is 3.95. The molecule has 36 heavy (non-hydrogen) atoms. The third-order valence-corrected chi connectivity index (χ3v) is 8.04. The first-order valence-corrected chi connectivity index (χ1v) is 13.9. The summed E-state index contributed by atoms with van der Waals surface area (Å²) >= 11 is 0. The lowest BCUT2D eigenvalue weighted by Gasteiger charge is -2.33. The van der Waals surface area contributed by atoms with Gasteiger partial charge in [-0.1, -0.05) is 48.1 Å². The van der Waals surface area contributed by atoms with Crippen LogP contribution in [0.25, 0.3) is 0 Å². The average Bonchev–Trinajstić information content (AvgIpc) is 3.29. The van der Waals surface area contributed by atoms with Crippen molar-refractivity contribution in [2.24, 2.45) is 0 Å². The van der Waals surface area contributed by atoms with Crippen LogP contribution >= 0.6 is 0 Å². The normalized spacial score (nSPS) is 21.4. The molecule has 1 aromatic carbocycles. The van der Waals surface area contributed by atoms with Gasteiger partial charge in [0.2, 0.25) is 0 Å². The van der Waals surface area contributed by atoms with Gasteiger partial charge in [-0.05, 0) is 56.0 Å². The number of carbonyl (C=O) groups excluding carboxylic acids is 1. The van der Waals surface area contributed by atoms with Crippen LogP contribution in [0.2, 0.25) is 0 Å². The molecule has 0 aromatic heterocycles. The molecule has 0 spiro atoms. The first-order chi connectivity index (χ1) is 17.4. The monoisotopic (exact) mass is 508 g/mol. The van der Waals surface area contributed by atoms with Crippen LogP contribution in [0.4, 0.5) is 0 Å². The van der Waals surface area contributed by atoms with Crippen LogP contribution < -0.4 is 10.6 Å². The molecule has 1 unspecified atom stereocenters. The van der Waals surface area contributed by atoms with Crippen LogP contribution in [0.5, 0.6) is 0 Å². The van der Waals surface area contributed by atoms with Gasteiger partial charge in [0.15, 0.2) is 0 Å². The molecule has 5 rings (SSSR count). The Kier molecular flexibility index (Phi) is 7.13. The summed E-state index contributed by atoms with van der Waals surface area (Å²) in [5.41, 5.74) is 3.00. The van der Waals surface area contributed by atoms with Crippen molar-refractivity contribution >= 4 is 16.0 Å². The molecule has 1 saturated heterocycles. The Balaban J connectivity index is 1.14. The highest BCUT2D eigenvalue weighted by atomic mass is 32.2. The van der Waals surface area contributed by atoms with Crippen LogP contribution in [0.3, 0.4) is 0 Å². The van der Waals surface area contributed by atoms with E-state index in [0.29, 0.717) is 18.8 Å². The van der Waals surface area contributed by atoms with Gasteiger partial charge in [0.1, 0.15) is 10.7 Å². The summed E-state index contributed by atoms with van der Waals surface area (Å²) < 4.78 is 34.5. The van der Waals surface area contributed by atoms with E-state index < -0.39 is 16.0 Å². The van der Waals surface area contributed by atoms with Crippen LogP contribution in [0.15, 0.2) is 88.3 Å². The first kappa shape index (κ1) is 24.5. The molecule has 3 N–H and O–H groups in total. The highest BCUT2D eigenvalue weighted by molar-refractivity contribution is 7.90. The van der Waals surface area contributed by atoms with E-state index in [0.717, 1.165) is 51.1 Å². The number of nitrogens with one attached hydrogen (secondary N) is 2. The summed E-state index contributed by atoms with van der Waals surface area (Å²) in [7, 11) is -4.60. The quantitative estimate of drug-likeness (QED) is 0.348. The third kappa shape index (κ3) is 5.33. The molecule has 1 atom stereocenters. The van der Waals surface area contributed by atoms with E-state index in [1.807, 2.05) is 12.1 Å². The fourth-order valence-corrected chi connectivity index (χ4v) is 6.13. The van der Waals surface area contributed by atoms with E-state index in [4.69, 9.17) is 0 Å². The zero-order chi connectivity index (χ0) is 25.1. The topological polar surface area (TPSA) is 102 Å². The fraction of sp³-hybridized carbons (Fsp3) is 0.370. The maximum Gasteiger partial charge on any atom is 0.297 e. The first-order valence-electron chi connectivity index (χ1n) is 12.5. The highest BCUT2D eigenvalue weighted by Gasteiger charge is 2.41. The molecule has 1 aromatic rings. The molecule has 1 fully saturated rings. The Bertz CT molecular complexity index is 1280. The van der Waals surface area contributed by atoms with E-state index in [-0.39, 0.29) is 16.5 Å². The number of aryl methyl sites for hydroxylation is 1. The van der Waals surface area contributed by atoms with Crippen molar-refractivity contribution in [3.05, 3.63) is 93.8 Å². The molecule has 190 valence electrons. The van der Waals surface area contributed by atoms with Crippen molar-refractivity contribution in [2.75, 3.05) is 32.7 Å². The summed E-state index contributed by atoms with van der Waals surface area (Å²) in [5.74, 6) is 0.276. The number of benzene rings is 1. The van der Waals surface area contributed by atoms with Gasteiger partial charge >= 0.3 is 0 Å². The molecular weight excluding hydrogens is 476 g/mol. The average molecular weight is 509 g/mol. The minimum absolute atomic E-state index is 0.00515. The lowest BCUT2D eigenvalue weighted by Crippen LogP contribution is -2.38. The summed E-state index contributed by atoms with van der Waals surface area (Å²) in [5, 5.41) is 6.08. The standard InChI is InChI=1S/C27H32N4O4S/c32-27(23-18-22-19-29-25-10-4-9-24(31(22)25)26(23)36(33,34)35)28-14-11-21-12-16-30(17-13-21)15-5-8-20-6-2-1-3-7-20/h1-4,6-7,9-10,12,18,22,29H,5,8,11,13-17,19H2,(H,28,32)(H,33,34,35). The van der Waals surface area contributed by atoms with Crippen molar-refractivity contribution < 1.29 is 17.8 Å². The van der Waals surface area contributed by atoms with E-state index in [1.54, 1.807) is 23.1 Å². The van der Waals surface area contributed by atoms with Crippen molar-refractivity contribution in [3.63, 3.8) is 0 Å². The molecule has 8 nitrogen and oxygen atoms in total. The molecule has 4 heterocycles. The number of rotatable bonds is 9. The second-order valence-corrected chi connectivity index (χ2v) is 10.9. The lowest BCUT2D eigenvalue weighted by atomic mass is 10.0. The number of hydrogen-bond donors (Lipinski definition) is 3. The minimum atomic E-state index is -4.60. The maximum atomic E-state index is 13.0. The Morgan fingerprint density at radius 2 is 2.03 bits per heavy atom. The number of allylic oxidation sites excluding steroid dienone is 3. The Morgan fingerprint density at radius 3 is 2.78 bits per heavy atom. The summed E-state index contributed by atoms with van der Waals surface area (Å²) in [6, 6.07) is 10.4. The number of amides is 1. The van der Waals surface area contributed by atoms with Crippen molar-refractivity contribution in [3.8, 4) is 0 Å². The molecule has 4 aliphatic heterocycles. The van der Waals surface area contributed by atoms with Gasteiger partial charge < -0.3 is 15.5 Å². The minimum Gasteiger partial charge on any atom is -0.369 e. The van der Waals surface area contributed by atoms with Gasteiger partial charge in [-0.25, -0.2) is 0 Å². The van der Waals surface area contributed by atoms with Crippen molar-refractivity contribution in [1.29, 1.82) is 0 Å². The Hall–Kier alpha value is -3.14. The smallest absolute Gasteiger partial charge is 0.297 e. The predicted molar refractivity (Wildman–Crippen MR) is 139 cm³/mol. The zero-order valence-corrected chi connectivity index (χ0v) is 21.0. The fourth-order valence-electron chi connectivity index (χ4n) is 5.26. The molecule has 0 saturated carbocycles. The Labute approximate surface area is 212 Å². The molecule has 0 aliphatic carbocycles. The number of nitrogens with zero attached hydrogens (tertiary/aromatic N) is 2. The second kappa shape index (κ2) is 10.5. The van der Waals surface area contributed by atoms with E-state index in [9.17, 15) is 17.8 Å². The van der Waals surface area contributed by atoms with Gasteiger partial charge in [0.05, 0.1) is 17.3 Å². The highest BCUT2D eigenvalue weighted by Crippen LogP contribution is 2.37. The summed E-state index contributed by atoms with van der Waals surface area (Å²) in [6.07, 6.45) is 12.9. The molecular formula is C27H32N4O4S. The van der Waals surface area contributed by atoms with E-state index >= 15 is 0 Å². The van der Waals surface area contributed by atoms with E-state index in [1.165, 1.54) is 11.1 Å². The van der Waals surface area contributed by atoms with Gasteiger partial charge in [-0.3, -0.25) is 14.2 Å². The van der Waals surface area contributed by atoms with Crippen LogP contribution in [0.1, 0.15) is 24.8 Å². The second-order valence-electron chi connectivity index (χ2n) is 9.51. The molecule has 0 bridgehead atoms. The Morgan fingerprint density at radius 1 is 1.19 bits per heavy atom. The SMILES string of the molecule is O=C(NCCC1=CCN(CCCc2ccccc2)CC1)C1=CC2CNC3=CC=CC(=C1S(=O)(=O)O)N32. The number of carbonyl (C=O) groups is 1. The van der Waals surface area contributed by atoms with Gasteiger partial charge in [0, 0.05) is 26.2 Å². The molecule has 0 radical (unpaired) electrons. The lowest BCUT2D eigenvalue weighted by molar-refractivity contribution is -0.117. The predicted octanol–water partition coefficient (Wildman–Crippen LogP) is 2.48. The van der Waals surface area contributed by atoms with Crippen LogP contribution in [0, 0.1) is 0 Å². The van der Waals surface area contributed by atoms with Gasteiger partial charge in [-0.2, -0.15) is 8.42 Å². The van der Waals surface area contributed by atoms with Crippen LogP contribution in [-0.2, 0) is 21.3 Å². The largest absolute Gasteiger partial charge is 0.369 e. The van der Waals surface area contributed by atoms with Crippen molar-refractivity contribution in [1.82, 2.24) is 20.4 Å². The summed E-state index contributed by atoms with van der Waals surface area (Å²) in [4.78, 5) is 16.9. The van der Waals surface area contributed by atoms with E-state index in [2.05, 4.69) is 45.9 Å².